The zero-order valence-corrected chi connectivity index (χ0v) is 9.72. The average molecular weight is 230 g/mol. The molecule has 0 N–H and O–H groups in total. The lowest BCUT2D eigenvalue weighted by Crippen LogP contribution is -2.20. The van der Waals surface area contributed by atoms with Gasteiger partial charge in [-0.25, -0.2) is 0 Å². The van der Waals surface area contributed by atoms with Gasteiger partial charge < -0.3 is 4.74 Å². The summed E-state index contributed by atoms with van der Waals surface area (Å²) in [4.78, 5) is 11.5. The highest BCUT2D eigenvalue weighted by Crippen LogP contribution is 2.30. The summed E-state index contributed by atoms with van der Waals surface area (Å²) in [6.07, 6.45) is 0.796. The number of benzene rings is 1. The number of ketones is 1. The highest BCUT2D eigenvalue weighted by molar-refractivity contribution is 5.84. The van der Waals surface area contributed by atoms with Crippen LogP contribution in [0.25, 0.3) is 10.9 Å². The van der Waals surface area contributed by atoms with Crippen LogP contribution < -0.4 is 0 Å². The third kappa shape index (κ3) is 1.74. The molecular weight excluding hydrogens is 216 g/mol. The quantitative estimate of drug-likeness (QED) is 0.752. The topological polar surface area (TPSA) is 44.1 Å². The number of carbonyl (C=O) groups excluding carboxylic acids is 1. The molecule has 17 heavy (non-hydrogen) atoms. The number of rotatable bonds is 1. The normalized spacial score (nSPS) is 21.0. The number of aromatic nitrogens is 2. The first-order valence-corrected chi connectivity index (χ1v) is 5.80. The van der Waals surface area contributed by atoms with E-state index in [0.29, 0.717) is 19.4 Å². The van der Waals surface area contributed by atoms with Crippen molar-refractivity contribution < 1.29 is 9.53 Å². The van der Waals surface area contributed by atoms with Gasteiger partial charge in [0.2, 0.25) is 0 Å². The Morgan fingerprint density at radius 1 is 1.41 bits per heavy atom. The lowest BCUT2D eigenvalue weighted by Gasteiger charge is -2.20. The smallest absolute Gasteiger partial charge is 0.138 e. The number of Topliss-reactive ketones (excluding diaryl/α,β-unsaturated/α-hetero) is 1. The van der Waals surface area contributed by atoms with E-state index in [1.807, 2.05) is 36.0 Å². The average Bonchev–Trinajstić information content (AvgIpc) is 2.68. The lowest BCUT2D eigenvalue weighted by atomic mass is 10.0. The second kappa shape index (κ2) is 3.96. The summed E-state index contributed by atoms with van der Waals surface area (Å²) in [5.41, 5.74) is 1.96. The number of aryl methyl sites for hydroxylation is 1. The minimum atomic E-state index is -0.178. The van der Waals surface area contributed by atoms with Crippen molar-refractivity contribution >= 4 is 16.7 Å². The number of hydrogen-bond donors (Lipinski definition) is 0. The van der Waals surface area contributed by atoms with Crippen LogP contribution in [0.5, 0.6) is 0 Å². The van der Waals surface area contributed by atoms with Crippen LogP contribution in [0.4, 0.5) is 0 Å². The Bertz CT molecular complexity index is 574. The fraction of sp³-hybridized carbons (Fsp3) is 0.385. The molecule has 2 heterocycles. The molecule has 0 amide bonds. The van der Waals surface area contributed by atoms with E-state index >= 15 is 0 Å². The molecule has 2 aromatic rings. The maximum atomic E-state index is 11.5. The van der Waals surface area contributed by atoms with Gasteiger partial charge in [0.05, 0.1) is 17.8 Å². The maximum Gasteiger partial charge on any atom is 0.138 e. The Kier molecular flexibility index (Phi) is 2.44. The van der Waals surface area contributed by atoms with Crippen LogP contribution in [0.15, 0.2) is 24.3 Å². The van der Waals surface area contributed by atoms with Gasteiger partial charge in [-0.3, -0.25) is 9.48 Å². The van der Waals surface area contributed by atoms with Gasteiger partial charge >= 0.3 is 0 Å². The van der Waals surface area contributed by atoms with E-state index < -0.39 is 0 Å². The van der Waals surface area contributed by atoms with Gasteiger partial charge in [0.25, 0.3) is 0 Å². The van der Waals surface area contributed by atoms with E-state index in [1.165, 1.54) is 0 Å². The molecular formula is C13H14N2O2. The Balaban J connectivity index is 2.08. The van der Waals surface area contributed by atoms with Gasteiger partial charge in [0, 0.05) is 25.3 Å². The Hall–Kier alpha value is -1.68. The van der Waals surface area contributed by atoms with E-state index in [4.69, 9.17) is 4.74 Å². The first-order chi connectivity index (χ1) is 8.25. The van der Waals surface area contributed by atoms with Gasteiger partial charge in [-0.2, -0.15) is 5.10 Å². The van der Waals surface area contributed by atoms with Crippen molar-refractivity contribution in [2.24, 2.45) is 7.05 Å². The first-order valence-electron chi connectivity index (χ1n) is 5.80. The van der Waals surface area contributed by atoms with Crippen LogP contribution in [-0.4, -0.2) is 22.2 Å². The molecule has 3 rings (SSSR count). The van der Waals surface area contributed by atoms with Crippen LogP contribution in [0.2, 0.25) is 0 Å². The molecule has 1 aliphatic heterocycles. The van der Waals surface area contributed by atoms with E-state index in [-0.39, 0.29) is 11.9 Å². The summed E-state index contributed by atoms with van der Waals surface area (Å²) in [6, 6.07) is 8.02. The summed E-state index contributed by atoms with van der Waals surface area (Å²) in [5.74, 6) is 0.260. The first kappa shape index (κ1) is 10.5. The Morgan fingerprint density at radius 3 is 3.06 bits per heavy atom. The summed E-state index contributed by atoms with van der Waals surface area (Å²) < 4.78 is 7.50. The van der Waals surface area contributed by atoms with Crippen molar-refractivity contribution in [1.29, 1.82) is 0 Å². The predicted octanol–water partition coefficient (Wildman–Crippen LogP) is 1.99. The second-order valence-electron chi connectivity index (χ2n) is 4.38. The Morgan fingerprint density at radius 2 is 2.24 bits per heavy atom. The molecule has 0 saturated carbocycles. The highest BCUT2D eigenvalue weighted by Gasteiger charge is 2.25. The SMILES string of the molecule is Cn1nc(C2CC(=O)CCO2)c2ccccc21. The molecule has 4 heteroatoms. The molecule has 88 valence electrons. The molecule has 0 radical (unpaired) electrons. The largest absolute Gasteiger partial charge is 0.371 e. The summed E-state index contributed by atoms with van der Waals surface area (Å²) in [5, 5.41) is 5.57. The molecule has 4 nitrogen and oxygen atoms in total. The van der Waals surface area contributed by atoms with Gasteiger partial charge in [-0.15, -0.1) is 0 Å². The summed E-state index contributed by atoms with van der Waals surface area (Å²) in [6.45, 7) is 0.508. The summed E-state index contributed by atoms with van der Waals surface area (Å²) in [7, 11) is 1.91. The number of ether oxygens (including phenoxy) is 1. The Labute approximate surface area is 99.2 Å². The number of nitrogens with zero attached hydrogens (tertiary/aromatic N) is 2. The van der Waals surface area contributed by atoms with Crippen molar-refractivity contribution in [3.05, 3.63) is 30.0 Å². The highest BCUT2D eigenvalue weighted by atomic mass is 16.5. The van der Waals surface area contributed by atoms with Crippen LogP contribution in [0, 0.1) is 0 Å². The molecule has 0 aliphatic carbocycles. The number of hydrogen-bond acceptors (Lipinski definition) is 3. The number of fused-ring (bicyclic) bond motifs is 1. The molecule has 0 spiro atoms. The number of para-hydroxylation sites is 1. The van der Waals surface area contributed by atoms with Crippen molar-refractivity contribution in [3.8, 4) is 0 Å². The van der Waals surface area contributed by atoms with E-state index in [2.05, 4.69) is 5.10 Å². The van der Waals surface area contributed by atoms with Gasteiger partial charge in [0.1, 0.15) is 11.9 Å². The molecule has 1 aromatic heterocycles. The minimum absolute atomic E-state index is 0.178. The van der Waals surface area contributed by atoms with Crippen molar-refractivity contribution in [3.63, 3.8) is 0 Å². The third-order valence-electron chi connectivity index (χ3n) is 3.20. The zero-order chi connectivity index (χ0) is 11.8. The molecule has 0 bridgehead atoms. The molecule has 1 aliphatic rings. The minimum Gasteiger partial charge on any atom is -0.371 e. The van der Waals surface area contributed by atoms with Crippen LogP contribution >= 0.6 is 0 Å². The van der Waals surface area contributed by atoms with Crippen LogP contribution in [-0.2, 0) is 16.6 Å². The lowest BCUT2D eigenvalue weighted by molar-refractivity contribution is -0.128. The van der Waals surface area contributed by atoms with E-state index in [0.717, 1.165) is 16.6 Å². The zero-order valence-electron chi connectivity index (χ0n) is 9.72. The van der Waals surface area contributed by atoms with Crippen LogP contribution in [0.3, 0.4) is 0 Å². The van der Waals surface area contributed by atoms with Crippen molar-refractivity contribution in [1.82, 2.24) is 9.78 Å². The van der Waals surface area contributed by atoms with Gasteiger partial charge in [0.15, 0.2) is 0 Å². The molecule has 1 fully saturated rings. The van der Waals surface area contributed by atoms with Crippen LogP contribution in [0.1, 0.15) is 24.6 Å². The van der Waals surface area contributed by atoms with E-state index in [9.17, 15) is 4.79 Å². The standard InChI is InChI=1S/C13H14N2O2/c1-15-11-5-3-2-4-10(11)13(14-15)12-8-9(16)6-7-17-12/h2-5,12H,6-8H2,1H3. The fourth-order valence-corrected chi connectivity index (χ4v) is 2.34. The molecule has 1 atom stereocenters. The molecule has 1 saturated heterocycles. The summed E-state index contributed by atoms with van der Waals surface area (Å²) >= 11 is 0. The number of carbonyl (C=O) groups is 1. The predicted molar refractivity (Wildman–Crippen MR) is 63.6 cm³/mol. The molecule has 1 aromatic carbocycles. The second-order valence-corrected chi connectivity index (χ2v) is 4.38. The van der Waals surface area contributed by atoms with Crippen molar-refractivity contribution in [2.45, 2.75) is 18.9 Å². The van der Waals surface area contributed by atoms with Gasteiger partial charge in [-0.05, 0) is 6.07 Å². The maximum absolute atomic E-state index is 11.5. The van der Waals surface area contributed by atoms with Crippen molar-refractivity contribution in [2.75, 3.05) is 6.61 Å². The molecule has 1 unspecified atom stereocenters. The van der Waals surface area contributed by atoms with E-state index in [1.54, 1.807) is 0 Å². The fourth-order valence-electron chi connectivity index (χ4n) is 2.34. The third-order valence-corrected chi connectivity index (χ3v) is 3.20. The van der Waals surface area contributed by atoms with Gasteiger partial charge in [-0.1, -0.05) is 18.2 Å². The monoisotopic (exact) mass is 230 g/mol.